The first-order valence-electron chi connectivity index (χ1n) is 4.53. The maximum atomic E-state index is 8.86. The van der Waals surface area contributed by atoms with Gasteiger partial charge in [0.15, 0.2) is 0 Å². The van der Waals surface area contributed by atoms with Crippen molar-refractivity contribution in [3.63, 3.8) is 0 Å². The molecule has 0 aliphatic carbocycles. The Kier molecular flexibility index (Phi) is 4.75. The molecule has 0 saturated heterocycles. The van der Waals surface area contributed by atoms with Gasteiger partial charge in [0, 0.05) is 24.7 Å². The minimum absolute atomic E-state index is 0.0170. The second kappa shape index (κ2) is 4.80. The van der Waals surface area contributed by atoms with Crippen LogP contribution in [0, 0.1) is 0 Å². The molecule has 0 aliphatic rings. The second-order valence-electron chi connectivity index (χ2n) is 4.03. The molecule has 3 N–H and O–H groups in total. The van der Waals surface area contributed by atoms with Crippen molar-refractivity contribution < 1.29 is 5.11 Å². The molecule has 0 rings (SSSR count). The summed E-state index contributed by atoms with van der Waals surface area (Å²) in [4.78, 5) is 2.22. The van der Waals surface area contributed by atoms with E-state index in [-0.39, 0.29) is 12.1 Å². The summed E-state index contributed by atoms with van der Waals surface area (Å²) >= 11 is 0. The van der Waals surface area contributed by atoms with E-state index in [1.54, 1.807) is 0 Å². The average Bonchev–Trinajstić information content (AvgIpc) is 1.99. The molecule has 0 radical (unpaired) electrons. The summed E-state index contributed by atoms with van der Waals surface area (Å²) in [6.45, 7) is 9.94. The van der Waals surface area contributed by atoms with Crippen LogP contribution in [0.4, 0.5) is 0 Å². The van der Waals surface area contributed by atoms with Crippen LogP contribution in [0.1, 0.15) is 27.7 Å². The van der Waals surface area contributed by atoms with Crippen molar-refractivity contribution in [1.82, 2.24) is 4.90 Å². The second-order valence-corrected chi connectivity index (χ2v) is 4.03. The summed E-state index contributed by atoms with van der Waals surface area (Å²) in [7, 11) is 0. The van der Waals surface area contributed by atoms with Crippen LogP contribution in [0.5, 0.6) is 0 Å². The third kappa shape index (κ3) is 3.09. The summed E-state index contributed by atoms with van der Waals surface area (Å²) in [6.07, 6.45) is 0. The van der Waals surface area contributed by atoms with E-state index in [0.29, 0.717) is 19.1 Å². The molecule has 74 valence electrons. The summed E-state index contributed by atoms with van der Waals surface area (Å²) in [5.41, 5.74) is 5.63. The predicted molar refractivity (Wildman–Crippen MR) is 52.1 cm³/mol. The molecule has 12 heavy (non-hydrogen) atoms. The lowest BCUT2D eigenvalue weighted by atomic mass is 10.0. The number of nitrogens with two attached hydrogens (primary N) is 1. The first kappa shape index (κ1) is 11.9. The maximum Gasteiger partial charge on any atom is 0.0558 e. The molecule has 3 heteroatoms. The zero-order valence-electron chi connectivity index (χ0n) is 8.67. The third-order valence-corrected chi connectivity index (χ3v) is 2.24. The fourth-order valence-corrected chi connectivity index (χ4v) is 1.48. The molecular weight excluding hydrogens is 152 g/mol. The van der Waals surface area contributed by atoms with Gasteiger partial charge in [-0.3, -0.25) is 4.90 Å². The van der Waals surface area contributed by atoms with Crippen molar-refractivity contribution in [1.29, 1.82) is 0 Å². The van der Waals surface area contributed by atoms with Gasteiger partial charge in [-0.2, -0.15) is 0 Å². The molecule has 0 aromatic heterocycles. The average molecular weight is 174 g/mol. The summed E-state index contributed by atoms with van der Waals surface area (Å²) in [5.74, 6) is 0. The Hall–Kier alpha value is -0.120. The number of nitrogens with zero attached hydrogens (tertiary/aromatic N) is 1. The van der Waals surface area contributed by atoms with Gasteiger partial charge in [0.05, 0.1) is 6.61 Å². The molecule has 0 atom stereocenters. The van der Waals surface area contributed by atoms with E-state index >= 15 is 0 Å². The van der Waals surface area contributed by atoms with Gasteiger partial charge in [-0.15, -0.1) is 0 Å². The topological polar surface area (TPSA) is 49.5 Å². The minimum atomic E-state index is -0.0170. The summed E-state index contributed by atoms with van der Waals surface area (Å²) in [5, 5.41) is 8.86. The van der Waals surface area contributed by atoms with E-state index in [4.69, 9.17) is 10.8 Å². The lowest BCUT2D eigenvalue weighted by Crippen LogP contribution is -2.53. The molecule has 0 aliphatic heterocycles. The van der Waals surface area contributed by atoms with Crippen molar-refractivity contribution in [3.05, 3.63) is 0 Å². The Morgan fingerprint density at radius 3 is 2.17 bits per heavy atom. The number of aliphatic hydroxyl groups is 1. The van der Waals surface area contributed by atoms with Gasteiger partial charge in [0.25, 0.3) is 0 Å². The highest BCUT2D eigenvalue weighted by atomic mass is 16.3. The van der Waals surface area contributed by atoms with Gasteiger partial charge >= 0.3 is 0 Å². The first-order valence-corrected chi connectivity index (χ1v) is 4.53. The predicted octanol–water partition coefficient (Wildman–Crippen LogP) is 0.426. The zero-order chi connectivity index (χ0) is 9.78. The van der Waals surface area contributed by atoms with Crippen LogP contribution >= 0.6 is 0 Å². The van der Waals surface area contributed by atoms with Crippen molar-refractivity contribution in [3.8, 4) is 0 Å². The molecule has 0 heterocycles. The number of aliphatic hydroxyl groups excluding tert-OH is 1. The van der Waals surface area contributed by atoms with E-state index < -0.39 is 0 Å². The van der Waals surface area contributed by atoms with Gasteiger partial charge < -0.3 is 10.8 Å². The maximum absolute atomic E-state index is 8.86. The summed E-state index contributed by atoms with van der Waals surface area (Å²) in [6, 6.07) is 0.427. The van der Waals surface area contributed by atoms with Gasteiger partial charge in [-0.05, 0) is 27.7 Å². The van der Waals surface area contributed by atoms with Crippen molar-refractivity contribution in [2.75, 3.05) is 19.7 Å². The molecule has 0 spiro atoms. The van der Waals surface area contributed by atoms with Crippen LogP contribution in [0.25, 0.3) is 0 Å². The Labute approximate surface area is 75.6 Å². The van der Waals surface area contributed by atoms with Gasteiger partial charge in [-0.25, -0.2) is 0 Å². The van der Waals surface area contributed by atoms with E-state index in [1.165, 1.54) is 0 Å². The minimum Gasteiger partial charge on any atom is -0.395 e. The molecule has 0 bridgehead atoms. The van der Waals surface area contributed by atoms with Crippen LogP contribution in [0.2, 0.25) is 0 Å². The quantitative estimate of drug-likeness (QED) is 0.635. The molecule has 0 fully saturated rings. The highest BCUT2D eigenvalue weighted by molar-refractivity contribution is 4.84. The Morgan fingerprint density at radius 1 is 1.42 bits per heavy atom. The van der Waals surface area contributed by atoms with Crippen LogP contribution in [0.15, 0.2) is 0 Å². The number of rotatable bonds is 5. The number of hydrogen-bond donors (Lipinski definition) is 2. The lowest BCUT2D eigenvalue weighted by molar-refractivity contribution is 0.0683. The number of β-amino-alcohol motifs (C(OH)–C–C–N with tert-alkyl or cyclic N) is 1. The Morgan fingerprint density at radius 2 is 1.92 bits per heavy atom. The van der Waals surface area contributed by atoms with E-state index in [2.05, 4.69) is 32.6 Å². The van der Waals surface area contributed by atoms with E-state index in [0.717, 1.165) is 0 Å². The largest absolute Gasteiger partial charge is 0.395 e. The molecular formula is C9H22N2O. The molecule has 0 aromatic carbocycles. The van der Waals surface area contributed by atoms with Gasteiger partial charge in [0.1, 0.15) is 0 Å². The molecule has 0 aromatic rings. The van der Waals surface area contributed by atoms with E-state index in [9.17, 15) is 0 Å². The van der Waals surface area contributed by atoms with Crippen LogP contribution in [-0.4, -0.2) is 41.3 Å². The van der Waals surface area contributed by atoms with Gasteiger partial charge in [0.2, 0.25) is 0 Å². The molecule has 3 nitrogen and oxygen atoms in total. The summed E-state index contributed by atoms with van der Waals surface area (Å²) < 4.78 is 0. The SMILES string of the molecule is CC(C)N(CCO)C(C)(C)CN. The Balaban J connectivity index is 4.27. The van der Waals surface area contributed by atoms with Crippen LogP contribution in [-0.2, 0) is 0 Å². The van der Waals surface area contributed by atoms with Crippen molar-refractivity contribution in [2.45, 2.75) is 39.3 Å². The molecule has 0 saturated carbocycles. The van der Waals surface area contributed by atoms with Crippen LogP contribution < -0.4 is 5.73 Å². The fraction of sp³-hybridized carbons (Fsp3) is 1.00. The highest BCUT2D eigenvalue weighted by Crippen LogP contribution is 2.15. The standard InChI is InChI=1S/C9H22N2O/c1-8(2)11(5-6-12)9(3,4)7-10/h8,12H,5-7,10H2,1-4H3. The molecule has 0 unspecified atom stereocenters. The highest BCUT2D eigenvalue weighted by Gasteiger charge is 2.26. The van der Waals surface area contributed by atoms with Crippen molar-refractivity contribution in [2.24, 2.45) is 5.73 Å². The van der Waals surface area contributed by atoms with Crippen LogP contribution in [0.3, 0.4) is 0 Å². The third-order valence-electron chi connectivity index (χ3n) is 2.24. The van der Waals surface area contributed by atoms with E-state index in [1.807, 2.05) is 0 Å². The van der Waals surface area contributed by atoms with Crippen molar-refractivity contribution >= 4 is 0 Å². The first-order chi connectivity index (χ1) is 5.45. The normalized spacial score (nSPS) is 13.0. The monoisotopic (exact) mass is 174 g/mol. The number of hydrogen-bond acceptors (Lipinski definition) is 3. The lowest BCUT2D eigenvalue weighted by Gasteiger charge is -2.40. The Bertz CT molecular complexity index is 124. The zero-order valence-corrected chi connectivity index (χ0v) is 8.67. The smallest absolute Gasteiger partial charge is 0.0558 e. The fourth-order valence-electron chi connectivity index (χ4n) is 1.48. The van der Waals surface area contributed by atoms with Gasteiger partial charge in [-0.1, -0.05) is 0 Å². The molecule has 0 amide bonds.